The molecule has 0 radical (unpaired) electrons. The van der Waals surface area contributed by atoms with Gasteiger partial charge >= 0.3 is 0 Å². The van der Waals surface area contributed by atoms with E-state index >= 15 is 0 Å². The lowest BCUT2D eigenvalue weighted by atomic mass is 10.0. The van der Waals surface area contributed by atoms with Crippen molar-refractivity contribution in [3.8, 4) is 5.69 Å². The zero-order chi connectivity index (χ0) is 27.5. The molecular weight excluding hydrogens is 525 g/mol. The van der Waals surface area contributed by atoms with E-state index in [1.807, 2.05) is 30.3 Å². The molecule has 0 saturated carbocycles. The zero-order valence-corrected chi connectivity index (χ0v) is 25.1. The van der Waals surface area contributed by atoms with Gasteiger partial charge in [-0.15, -0.1) is 16.9 Å². The standard InChI is InChI=1S/C31H44N4O2S2/c1-2-3-4-5-6-7-8-9-10-11-12-13-14-15-16-20-23-38-29-24-28(37)30(25-27(29)36)39-31-32-33-34-35(31)26-21-18-17-19-22-26/h17-19,21-22,24-25H,2-16,20,23H2,1H3. The molecule has 212 valence electrons. The number of tetrazole rings is 1. The number of hydrogen-bond acceptors (Lipinski definition) is 7. The molecule has 0 unspecified atom stereocenters. The Hall–Kier alpha value is -2.19. The third-order valence-electron chi connectivity index (χ3n) is 6.91. The second-order valence-electron chi connectivity index (χ2n) is 10.2. The van der Waals surface area contributed by atoms with E-state index in [4.69, 9.17) is 0 Å². The number of carbonyl (C=O) groups excluding carboxylic acids is 2. The van der Waals surface area contributed by atoms with Gasteiger partial charge in [-0.2, -0.15) is 4.68 Å². The molecule has 3 rings (SSSR count). The first-order valence-electron chi connectivity index (χ1n) is 14.9. The molecule has 0 aliphatic heterocycles. The number of ketones is 2. The average Bonchev–Trinajstić information content (AvgIpc) is 3.41. The molecule has 39 heavy (non-hydrogen) atoms. The minimum absolute atomic E-state index is 0.114. The second kappa shape index (κ2) is 19.0. The van der Waals surface area contributed by atoms with Gasteiger partial charge in [-0.25, -0.2) is 0 Å². The summed E-state index contributed by atoms with van der Waals surface area (Å²) in [4.78, 5) is 26.2. The van der Waals surface area contributed by atoms with Gasteiger partial charge in [0.05, 0.1) is 15.5 Å². The van der Waals surface area contributed by atoms with Crippen LogP contribution in [0.4, 0.5) is 0 Å². The van der Waals surface area contributed by atoms with Crippen LogP contribution < -0.4 is 0 Å². The van der Waals surface area contributed by atoms with Crippen LogP contribution in [0.2, 0.25) is 0 Å². The van der Waals surface area contributed by atoms with E-state index in [1.54, 1.807) is 4.68 Å². The summed E-state index contributed by atoms with van der Waals surface area (Å²) in [6.45, 7) is 2.28. The molecule has 0 bridgehead atoms. The van der Waals surface area contributed by atoms with Gasteiger partial charge in [0.2, 0.25) is 5.16 Å². The number of unbranched alkanes of at least 4 members (excludes halogenated alkanes) is 15. The summed E-state index contributed by atoms with van der Waals surface area (Å²) in [6.07, 6.45) is 24.4. The minimum atomic E-state index is -0.170. The van der Waals surface area contributed by atoms with Gasteiger partial charge in [-0.3, -0.25) is 9.59 Å². The molecule has 2 aromatic rings. The van der Waals surface area contributed by atoms with Crippen LogP contribution in [0, 0.1) is 0 Å². The van der Waals surface area contributed by atoms with Crippen molar-refractivity contribution in [2.45, 2.75) is 115 Å². The number of thioether (sulfide) groups is 2. The first-order chi connectivity index (χ1) is 19.2. The maximum Gasteiger partial charge on any atom is 0.219 e. The zero-order valence-electron chi connectivity index (χ0n) is 23.5. The Morgan fingerprint density at radius 3 is 1.77 bits per heavy atom. The highest BCUT2D eigenvalue weighted by atomic mass is 32.2. The van der Waals surface area contributed by atoms with Crippen LogP contribution in [0.25, 0.3) is 5.69 Å². The van der Waals surface area contributed by atoms with Gasteiger partial charge < -0.3 is 0 Å². The molecule has 8 heteroatoms. The maximum absolute atomic E-state index is 12.7. The van der Waals surface area contributed by atoms with Crippen molar-refractivity contribution in [1.82, 2.24) is 20.2 Å². The number of allylic oxidation sites excluding steroid dienone is 4. The summed E-state index contributed by atoms with van der Waals surface area (Å²) in [7, 11) is 0. The predicted molar refractivity (Wildman–Crippen MR) is 163 cm³/mol. The first-order valence-corrected chi connectivity index (χ1v) is 16.7. The molecule has 1 aromatic carbocycles. The van der Waals surface area contributed by atoms with E-state index in [2.05, 4.69) is 22.4 Å². The highest BCUT2D eigenvalue weighted by Gasteiger charge is 2.23. The lowest BCUT2D eigenvalue weighted by molar-refractivity contribution is -0.114. The first kappa shape index (κ1) is 31.3. The van der Waals surface area contributed by atoms with Crippen molar-refractivity contribution in [2.75, 3.05) is 5.75 Å². The number of para-hydroxylation sites is 1. The van der Waals surface area contributed by atoms with Crippen molar-refractivity contribution < 1.29 is 9.59 Å². The van der Waals surface area contributed by atoms with Crippen LogP contribution in [0.15, 0.2) is 57.5 Å². The smallest absolute Gasteiger partial charge is 0.219 e. The summed E-state index contributed by atoms with van der Waals surface area (Å²) >= 11 is 2.62. The molecule has 1 heterocycles. The largest absolute Gasteiger partial charge is 0.289 e. The molecule has 0 spiro atoms. The van der Waals surface area contributed by atoms with Crippen molar-refractivity contribution in [3.05, 3.63) is 52.3 Å². The number of aromatic nitrogens is 4. The van der Waals surface area contributed by atoms with Crippen molar-refractivity contribution >= 4 is 35.1 Å². The maximum atomic E-state index is 12.7. The molecule has 1 aromatic heterocycles. The predicted octanol–water partition coefficient (Wildman–Crippen LogP) is 8.67. The molecule has 0 atom stereocenters. The van der Waals surface area contributed by atoms with Crippen LogP contribution in [0.1, 0.15) is 110 Å². The van der Waals surface area contributed by atoms with Crippen molar-refractivity contribution in [2.24, 2.45) is 0 Å². The van der Waals surface area contributed by atoms with Crippen LogP contribution in [0.5, 0.6) is 0 Å². The van der Waals surface area contributed by atoms with Gasteiger partial charge in [0.15, 0.2) is 11.6 Å². The molecule has 0 amide bonds. The normalized spacial score (nSPS) is 13.6. The lowest BCUT2D eigenvalue weighted by Gasteiger charge is -2.11. The lowest BCUT2D eigenvalue weighted by Crippen LogP contribution is -2.11. The van der Waals surface area contributed by atoms with Gasteiger partial charge in [0.25, 0.3) is 0 Å². The Morgan fingerprint density at radius 2 is 1.18 bits per heavy atom. The molecule has 0 fully saturated rings. The third-order valence-corrected chi connectivity index (χ3v) is 9.01. The summed E-state index contributed by atoms with van der Waals surface area (Å²) in [5.74, 6) is 0.584. The highest BCUT2D eigenvalue weighted by molar-refractivity contribution is 8.04. The Kier molecular flexibility index (Phi) is 15.3. The van der Waals surface area contributed by atoms with Crippen LogP contribution in [0.3, 0.4) is 0 Å². The minimum Gasteiger partial charge on any atom is -0.289 e. The second-order valence-corrected chi connectivity index (χ2v) is 12.4. The van der Waals surface area contributed by atoms with E-state index in [9.17, 15) is 9.59 Å². The van der Waals surface area contributed by atoms with E-state index in [0.717, 1.165) is 29.6 Å². The summed E-state index contributed by atoms with van der Waals surface area (Å²) in [5.41, 5.74) is 0.797. The quantitative estimate of drug-likeness (QED) is 0.110. The van der Waals surface area contributed by atoms with Gasteiger partial charge in [0.1, 0.15) is 0 Å². The van der Waals surface area contributed by atoms with Gasteiger partial charge in [-0.1, -0.05) is 121 Å². The molecule has 0 saturated heterocycles. The molecule has 1 aliphatic carbocycles. The molecule has 0 N–H and O–H groups in total. The molecule has 1 aliphatic rings. The van der Waals surface area contributed by atoms with Crippen LogP contribution in [-0.2, 0) is 9.59 Å². The van der Waals surface area contributed by atoms with Gasteiger partial charge in [0, 0.05) is 12.2 Å². The molecule has 6 nitrogen and oxygen atoms in total. The van der Waals surface area contributed by atoms with Crippen molar-refractivity contribution in [3.63, 3.8) is 0 Å². The highest BCUT2D eigenvalue weighted by Crippen LogP contribution is 2.32. The average molecular weight is 569 g/mol. The van der Waals surface area contributed by atoms with Crippen molar-refractivity contribution in [1.29, 1.82) is 0 Å². The van der Waals surface area contributed by atoms with E-state index in [0.29, 0.717) is 15.0 Å². The SMILES string of the molecule is CCCCCCCCCCCCCCCCCCSC1=CC(=O)C(Sc2nnnn2-c2ccccc2)=CC1=O. The van der Waals surface area contributed by atoms with E-state index in [-0.39, 0.29) is 11.6 Å². The summed E-state index contributed by atoms with van der Waals surface area (Å²) < 4.78 is 1.56. The number of nitrogens with zero attached hydrogens (tertiary/aromatic N) is 4. The Balaban J connectivity index is 1.22. The number of benzene rings is 1. The van der Waals surface area contributed by atoms with Crippen LogP contribution in [-0.4, -0.2) is 37.5 Å². The summed E-state index contributed by atoms with van der Waals surface area (Å²) in [6, 6.07) is 9.47. The number of hydrogen-bond donors (Lipinski definition) is 0. The van der Waals surface area contributed by atoms with Crippen LogP contribution >= 0.6 is 23.5 Å². The number of rotatable bonds is 21. The third kappa shape index (κ3) is 11.8. The summed E-state index contributed by atoms with van der Waals surface area (Å²) in [5, 5.41) is 12.2. The Morgan fingerprint density at radius 1 is 0.667 bits per heavy atom. The Bertz CT molecular complexity index is 1070. The fraction of sp³-hybridized carbons (Fsp3) is 0.581. The number of carbonyl (C=O) groups is 2. The fourth-order valence-corrected chi connectivity index (χ4v) is 6.41. The molecular formula is C31H44N4O2S2. The topological polar surface area (TPSA) is 77.7 Å². The fourth-order valence-electron chi connectivity index (χ4n) is 4.62. The Labute approximate surface area is 242 Å². The van der Waals surface area contributed by atoms with E-state index < -0.39 is 0 Å². The van der Waals surface area contributed by atoms with E-state index in [1.165, 1.54) is 120 Å². The monoisotopic (exact) mass is 568 g/mol. The van der Waals surface area contributed by atoms with Gasteiger partial charge in [-0.05, 0) is 46.5 Å².